The Bertz CT molecular complexity index is 762. The van der Waals surface area contributed by atoms with Gasteiger partial charge in [0.2, 0.25) is 0 Å². The number of hydrogen-bond acceptors (Lipinski definition) is 6. The van der Waals surface area contributed by atoms with Crippen molar-refractivity contribution >= 4 is 17.6 Å². The van der Waals surface area contributed by atoms with Crippen molar-refractivity contribution in [2.45, 2.75) is 20.0 Å². The van der Waals surface area contributed by atoms with Crippen LogP contribution in [0.5, 0.6) is 11.5 Å². The van der Waals surface area contributed by atoms with Crippen molar-refractivity contribution in [1.29, 1.82) is 0 Å². The first-order valence-electron chi connectivity index (χ1n) is 8.64. The highest BCUT2D eigenvalue weighted by atomic mass is 16.6. The van der Waals surface area contributed by atoms with Gasteiger partial charge in [-0.25, -0.2) is 4.79 Å². The summed E-state index contributed by atoms with van der Waals surface area (Å²) in [5.74, 6) is -0.336. The number of esters is 1. The maximum absolute atomic E-state index is 12.0. The summed E-state index contributed by atoms with van der Waals surface area (Å²) >= 11 is 0. The first-order chi connectivity index (χ1) is 13.0. The minimum atomic E-state index is -1.44. The van der Waals surface area contributed by atoms with Crippen molar-refractivity contribution < 1.29 is 28.9 Å². The third-order valence-electron chi connectivity index (χ3n) is 3.51. The molecule has 0 saturated heterocycles. The van der Waals surface area contributed by atoms with Crippen LogP contribution in [0.15, 0.2) is 48.5 Å². The van der Waals surface area contributed by atoms with Crippen molar-refractivity contribution in [3.8, 4) is 11.5 Å². The maximum atomic E-state index is 12.0. The Hall–Kier alpha value is -3.06. The van der Waals surface area contributed by atoms with Gasteiger partial charge in [0.1, 0.15) is 0 Å². The highest BCUT2D eigenvalue weighted by Crippen LogP contribution is 2.30. The van der Waals surface area contributed by atoms with Gasteiger partial charge in [-0.3, -0.25) is 4.79 Å². The fourth-order valence-corrected chi connectivity index (χ4v) is 2.31. The van der Waals surface area contributed by atoms with Crippen LogP contribution in [-0.4, -0.2) is 36.8 Å². The number of anilines is 1. The molecule has 0 aromatic heterocycles. The molecule has 0 spiro atoms. The molecule has 0 radical (unpaired) electrons. The summed E-state index contributed by atoms with van der Waals surface area (Å²) in [7, 11) is 0. The minimum absolute atomic E-state index is 0.399. The van der Waals surface area contributed by atoms with E-state index in [1.807, 2.05) is 13.8 Å². The zero-order valence-electron chi connectivity index (χ0n) is 15.3. The second-order valence-electron chi connectivity index (χ2n) is 5.50. The molecule has 0 saturated carbocycles. The number of benzene rings is 2. The van der Waals surface area contributed by atoms with Crippen molar-refractivity contribution in [2.75, 3.05) is 25.1 Å². The number of amides is 1. The molecule has 1 atom stereocenters. The SMILES string of the molecule is CCOc1ccc(NC(=O)COC(=O)[C@@H](O)c2ccccc2)cc1OCC. The topological polar surface area (TPSA) is 94.1 Å². The molecule has 2 N–H and O–H groups in total. The van der Waals surface area contributed by atoms with Crippen LogP contribution in [0.1, 0.15) is 25.5 Å². The summed E-state index contributed by atoms with van der Waals surface area (Å²) in [4.78, 5) is 23.9. The molecule has 0 unspecified atom stereocenters. The molecule has 0 aliphatic heterocycles. The summed E-state index contributed by atoms with van der Waals surface area (Å²) < 4.78 is 15.8. The molecule has 0 aliphatic rings. The Morgan fingerprint density at radius 3 is 2.33 bits per heavy atom. The van der Waals surface area contributed by atoms with E-state index in [1.54, 1.807) is 48.5 Å². The lowest BCUT2D eigenvalue weighted by Crippen LogP contribution is -2.24. The molecular formula is C20H23NO6. The lowest BCUT2D eigenvalue weighted by atomic mass is 10.1. The maximum Gasteiger partial charge on any atom is 0.340 e. The van der Waals surface area contributed by atoms with Gasteiger partial charge in [0.15, 0.2) is 24.2 Å². The van der Waals surface area contributed by atoms with Gasteiger partial charge in [-0.05, 0) is 31.5 Å². The third-order valence-corrected chi connectivity index (χ3v) is 3.51. The summed E-state index contributed by atoms with van der Waals surface area (Å²) in [5, 5.41) is 12.5. The summed E-state index contributed by atoms with van der Waals surface area (Å²) in [6.07, 6.45) is -1.44. The normalized spacial score (nSPS) is 11.4. The van der Waals surface area contributed by atoms with E-state index in [4.69, 9.17) is 14.2 Å². The molecule has 1 amide bonds. The van der Waals surface area contributed by atoms with E-state index in [0.717, 1.165) is 0 Å². The van der Waals surface area contributed by atoms with Gasteiger partial charge in [-0.2, -0.15) is 0 Å². The van der Waals surface area contributed by atoms with E-state index in [-0.39, 0.29) is 0 Å². The Balaban J connectivity index is 1.91. The van der Waals surface area contributed by atoms with Crippen LogP contribution in [0.4, 0.5) is 5.69 Å². The van der Waals surface area contributed by atoms with Crippen molar-refractivity contribution in [2.24, 2.45) is 0 Å². The Kier molecular flexibility index (Phi) is 7.63. The standard InChI is InChI=1S/C20H23NO6/c1-3-25-16-11-10-15(12-17(16)26-4-2)21-18(22)13-27-20(24)19(23)14-8-6-5-7-9-14/h5-12,19,23H,3-4,13H2,1-2H3,(H,21,22)/t19-/m0/s1. The number of carbonyl (C=O) groups is 2. The summed E-state index contributed by atoms with van der Waals surface area (Å²) in [6, 6.07) is 13.3. The quantitative estimate of drug-likeness (QED) is 0.657. The first-order valence-corrected chi connectivity index (χ1v) is 8.64. The van der Waals surface area contributed by atoms with Crippen LogP contribution in [0.2, 0.25) is 0 Å². The van der Waals surface area contributed by atoms with Gasteiger partial charge < -0.3 is 24.6 Å². The van der Waals surface area contributed by atoms with Gasteiger partial charge in [0.05, 0.1) is 13.2 Å². The molecule has 2 aromatic rings. The van der Waals surface area contributed by atoms with Gasteiger partial charge in [-0.15, -0.1) is 0 Å². The predicted molar refractivity (Wildman–Crippen MR) is 99.8 cm³/mol. The van der Waals surface area contributed by atoms with Gasteiger partial charge in [0, 0.05) is 11.8 Å². The average molecular weight is 373 g/mol. The Labute approximate surface area is 157 Å². The lowest BCUT2D eigenvalue weighted by Gasteiger charge is -2.13. The molecule has 0 aliphatic carbocycles. The number of ether oxygens (including phenoxy) is 3. The molecule has 2 aromatic carbocycles. The van der Waals surface area contributed by atoms with E-state index in [0.29, 0.717) is 36.0 Å². The zero-order chi connectivity index (χ0) is 19.6. The smallest absolute Gasteiger partial charge is 0.340 e. The Morgan fingerprint density at radius 2 is 1.67 bits per heavy atom. The van der Waals surface area contributed by atoms with Crippen LogP contribution in [-0.2, 0) is 14.3 Å². The third kappa shape index (κ3) is 6.00. The average Bonchev–Trinajstić information content (AvgIpc) is 2.68. The second kappa shape index (κ2) is 10.2. The fraction of sp³-hybridized carbons (Fsp3) is 0.300. The molecule has 0 bridgehead atoms. The summed E-state index contributed by atoms with van der Waals surface area (Å²) in [6.45, 7) is 4.14. The second-order valence-corrected chi connectivity index (χ2v) is 5.50. The van der Waals surface area contributed by atoms with Crippen LogP contribution in [0, 0.1) is 0 Å². The molecule has 0 heterocycles. The number of nitrogens with one attached hydrogen (secondary N) is 1. The highest BCUT2D eigenvalue weighted by Gasteiger charge is 2.20. The molecule has 27 heavy (non-hydrogen) atoms. The highest BCUT2D eigenvalue weighted by molar-refractivity contribution is 5.93. The van der Waals surface area contributed by atoms with Crippen LogP contribution < -0.4 is 14.8 Å². The van der Waals surface area contributed by atoms with Crippen molar-refractivity contribution in [1.82, 2.24) is 0 Å². The minimum Gasteiger partial charge on any atom is -0.490 e. The number of rotatable bonds is 9. The van der Waals surface area contributed by atoms with Crippen molar-refractivity contribution in [3.63, 3.8) is 0 Å². The fourth-order valence-electron chi connectivity index (χ4n) is 2.31. The molecule has 144 valence electrons. The van der Waals surface area contributed by atoms with E-state index in [1.165, 1.54) is 0 Å². The van der Waals surface area contributed by atoms with Crippen LogP contribution >= 0.6 is 0 Å². The van der Waals surface area contributed by atoms with Gasteiger partial charge in [0.25, 0.3) is 5.91 Å². The van der Waals surface area contributed by atoms with E-state index < -0.39 is 24.6 Å². The molecule has 0 fully saturated rings. The number of aliphatic hydroxyl groups is 1. The van der Waals surface area contributed by atoms with E-state index >= 15 is 0 Å². The van der Waals surface area contributed by atoms with Gasteiger partial charge >= 0.3 is 5.97 Å². The predicted octanol–water partition coefficient (Wildman–Crippen LogP) is 2.70. The van der Waals surface area contributed by atoms with E-state index in [2.05, 4.69) is 5.32 Å². The number of carbonyl (C=O) groups excluding carboxylic acids is 2. The molecular weight excluding hydrogens is 350 g/mol. The van der Waals surface area contributed by atoms with Crippen LogP contribution in [0.3, 0.4) is 0 Å². The monoisotopic (exact) mass is 373 g/mol. The first kappa shape index (κ1) is 20.3. The van der Waals surface area contributed by atoms with Gasteiger partial charge in [-0.1, -0.05) is 30.3 Å². The Morgan fingerprint density at radius 1 is 1.00 bits per heavy atom. The van der Waals surface area contributed by atoms with Crippen molar-refractivity contribution in [3.05, 3.63) is 54.1 Å². The molecule has 2 rings (SSSR count). The van der Waals surface area contributed by atoms with Crippen LogP contribution in [0.25, 0.3) is 0 Å². The summed E-state index contributed by atoms with van der Waals surface area (Å²) in [5.41, 5.74) is 0.877. The lowest BCUT2D eigenvalue weighted by molar-refractivity contribution is -0.156. The number of aliphatic hydroxyl groups excluding tert-OH is 1. The molecule has 7 nitrogen and oxygen atoms in total. The van der Waals surface area contributed by atoms with E-state index in [9.17, 15) is 14.7 Å². The largest absolute Gasteiger partial charge is 0.490 e. The zero-order valence-corrected chi connectivity index (χ0v) is 15.3. The number of hydrogen-bond donors (Lipinski definition) is 2. The molecule has 7 heteroatoms.